The van der Waals surface area contributed by atoms with Gasteiger partial charge in [-0.15, -0.1) is 0 Å². The van der Waals surface area contributed by atoms with Gasteiger partial charge in [0.15, 0.2) is 0 Å². The largest absolute Gasteiger partial charge is 0.480 e. The number of carboxylic acids is 2. The number of carboxylic acid groups (broad SMARTS) is 2. The van der Waals surface area contributed by atoms with Crippen LogP contribution in [0.4, 0.5) is 0 Å². The minimum Gasteiger partial charge on any atom is -0.480 e. The van der Waals surface area contributed by atoms with E-state index >= 15 is 0 Å². The smallest absolute Gasteiger partial charge is 0.322 e. The summed E-state index contributed by atoms with van der Waals surface area (Å²) in [4.78, 5) is 42.7. The summed E-state index contributed by atoms with van der Waals surface area (Å²) in [6.07, 6.45) is 1.13. The fraction of sp³-hybridized carbons (Fsp3) is 0.400. The van der Waals surface area contributed by atoms with Crippen molar-refractivity contribution in [3.63, 3.8) is 0 Å². The molecule has 0 bridgehead atoms. The maximum atomic E-state index is 11.3. The number of amides is 2. The Morgan fingerprint density at radius 1 is 1.00 bits per heavy atom. The van der Waals surface area contributed by atoms with E-state index in [2.05, 4.69) is 10.6 Å². The Morgan fingerprint density at radius 3 is 2.00 bits per heavy atom. The second-order valence-corrected chi connectivity index (χ2v) is 3.34. The van der Waals surface area contributed by atoms with Gasteiger partial charge in [-0.3, -0.25) is 19.2 Å². The van der Waals surface area contributed by atoms with Gasteiger partial charge in [0.2, 0.25) is 11.8 Å². The third-order valence-electron chi connectivity index (χ3n) is 1.79. The quantitative estimate of drug-likeness (QED) is 0.420. The van der Waals surface area contributed by atoms with E-state index in [0.717, 1.165) is 0 Å². The molecule has 0 aromatic carbocycles. The molecule has 0 saturated carbocycles. The normalized spacial score (nSPS) is 10.6. The van der Waals surface area contributed by atoms with Crippen LogP contribution in [-0.2, 0) is 19.2 Å². The fourth-order valence-corrected chi connectivity index (χ4v) is 0.880. The van der Waals surface area contributed by atoms with E-state index in [1.807, 2.05) is 0 Å². The Balaban J connectivity index is 4.09. The monoisotopic (exact) mass is 258 g/mol. The van der Waals surface area contributed by atoms with Gasteiger partial charge in [-0.2, -0.15) is 0 Å². The minimum atomic E-state index is -1.17. The second-order valence-electron chi connectivity index (χ2n) is 3.34. The van der Waals surface area contributed by atoms with Crippen molar-refractivity contribution in [1.82, 2.24) is 10.6 Å². The van der Waals surface area contributed by atoms with Crippen LogP contribution in [0, 0.1) is 0 Å². The number of hydrogen-bond acceptors (Lipinski definition) is 4. The predicted octanol–water partition coefficient (Wildman–Crippen LogP) is -1.28. The molecule has 0 saturated heterocycles. The Labute approximate surface area is 103 Å². The van der Waals surface area contributed by atoms with Crippen molar-refractivity contribution in [3.05, 3.63) is 11.6 Å². The molecule has 0 radical (unpaired) electrons. The fourth-order valence-electron chi connectivity index (χ4n) is 0.880. The predicted molar refractivity (Wildman–Crippen MR) is 59.7 cm³/mol. The van der Waals surface area contributed by atoms with E-state index < -0.39 is 36.8 Å². The molecule has 0 aromatic rings. The van der Waals surface area contributed by atoms with Gasteiger partial charge < -0.3 is 20.8 Å². The molecule has 0 unspecified atom stereocenters. The molecule has 0 rings (SSSR count). The van der Waals surface area contributed by atoms with Gasteiger partial charge in [-0.05, 0) is 6.92 Å². The number of rotatable bonds is 7. The molecule has 100 valence electrons. The molecular formula is C10H14N2O6. The molecule has 0 heterocycles. The highest BCUT2D eigenvalue weighted by Gasteiger charge is 2.07. The summed E-state index contributed by atoms with van der Waals surface area (Å²) < 4.78 is 0. The molecule has 8 heteroatoms. The Hall–Kier alpha value is -2.38. The number of aliphatic carboxylic acids is 2. The van der Waals surface area contributed by atoms with Crippen molar-refractivity contribution < 1.29 is 29.4 Å². The molecule has 0 aliphatic carbocycles. The highest BCUT2D eigenvalue weighted by atomic mass is 16.4. The highest BCUT2D eigenvalue weighted by molar-refractivity contribution is 5.95. The number of hydrogen-bond donors (Lipinski definition) is 4. The molecule has 4 N–H and O–H groups in total. The minimum absolute atomic E-state index is 0.153. The summed E-state index contributed by atoms with van der Waals surface area (Å²) >= 11 is 0. The van der Waals surface area contributed by atoms with Crippen LogP contribution in [0.25, 0.3) is 0 Å². The summed E-state index contributed by atoms with van der Waals surface area (Å²) in [5, 5.41) is 20.9. The molecule has 2 amide bonds. The third-order valence-corrected chi connectivity index (χ3v) is 1.79. The maximum absolute atomic E-state index is 11.3. The SMILES string of the molecule is C/C(=C\CC(=O)NCC(=O)O)C(=O)NCC(=O)O. The van der Waals surface area contributed by atoms with Gasteiger partial charge in [-0.1, -0.05) is 6.08 Å². The summed E-state index contributed by atoms with van der Waals surface area (Å²) in [5.41, 5.74) is 0.182. The zero-order valence-electron chi connectivity index (χ0n) is 9.73. The molecule has 0 atom stereocenters. The van der Waals surface area contributed by atoms with Crippen molar-refractivity contribution in [1.29, 1.82) is 0 Å². The number of carbonyl (C=O) groups is 4. The lowest BCUT2D eigenvalue weighted by Crippen LogP contribution is -2.30. The molecular weight excluding hydrogens is 244 g/mol. The molecule has 0 spiro atoms. The third kappa shape index (κ3) is 7.85. The first kappa shape index (κ1) is 15.6. The van der Waals surface area contributed by atoms with Gasteiger partial charge in [0.25, 0.3) is 0 Å². The van der Waals surface area contributed by atoms with Crippen LogP contribution in [0.3, 0.4) is 0 Å². The van der Waals surface area contributed by atoms with Gasteiger partial charge in [-0.25, -0.2) is 0 Å². The lowest BCUT2D eigenvalue weighted by atomic mass is 10.2. The van der Waals surface area contributed by atoms with Gasteiger partial charge in [0.1, 0.15) is 13.1 Å². The van der Waals surface area contributed by atoms with Crippen molar-refractivity contribution >= 4 is 23.8 Å². The topological polar surface area (TPSA) is 133 Å². The summed E-state index contributed by atoms with van der Waals surface area (Å²) in [5.74, 6) is -3.47. The summed E-state index contributed by atoms with van der Waals surface area (Å²) in [6, 6.07) is 0. The van der Waals surface area contributed by atoms with Crippen LogP contribution in [0.15, 0.2) is 11.6 Å². The first-order valence-electron chi connectivity index (χ1n) is 4.98. The van der Waals surface area contributed by atoms with Crippen molar-refractivity contribution in [3.8, 4) is 0 Å². The number of nitrogens with one attached hydrogen (secondary N) is 2. The Bertz CT molecular complexity index is 388. The van der Waals surface area contributed by atoms with Crippen LogP contribution in [0.5, 0.6) is 0 Å². The maximum Gasteiger partial charge on any atom is 0.322 e. The molecule has 0 aliphatic rings. The van der Waals surface area contributed by atoms with Crippen LogP contribution in [-0.4, -0.2) is 47.1 Å². The molecule has 0 aliphatic heterocycles. The lowest BCUT2D eigenvalue weighted by molar-refractivity contribution is -0.138. The van der Waals surface area contributed by atoms with Gasteiger partial charge in [0, 0.05) is 12.0 Å². The average molecular weight is 258 g/mol. The van der Waals surface area contributed by atoms with E-state index in [0.29, 0.717) is 0 Å². The Kier molecular flexibility index (Phi) is 6.79. The van der Waals surface area contributed by atoms with E-state index in [1.54, 1.807) is 0 Å². The zero-order chi connectivity index (χ0) is 14.1. The van der Waals surface area contributed by atoms with Crippen LogP contribution >= 0.6 is 0 Å². The van der Waals surface area contributed by atoms with Crippen molar-refractivity contribution in [2.45, 2.75) is 13.3 Å². The Morgan fingerprint density at radius 2 is 1.50 bits per heavy atom. The lowest BCUT2D eigenvalue weighted by Gasteiger charge is -2.03. The molecule has 0 aromatic heterocycles. The summed E-state index contributed by atoms with van der Waals surface area (Å²) in [6.45, 7) is 0.424. The van der Waals surface area contributed by atoms with Crippen molar-refractivity contribution in [2.24, 2.45) is 0 Å². The standard InChI is InChI=1S/C10H14N2O6/c1-6(10(18)12-5-9(16)17)2-3-7(13)11-4-8(14)15/h2H,3-5H2,1H3,(H,11,13)(H,12,18)(H,14,15)(H,16,17)/b6-2+. The van der Waals surface area contributed by atoms with Crippen LogP contribution in [0.2, 0.25) is 0 Å². The molecule has 0 fully saturated rings. The second kappa shape index (κ2) is 7.82. The van der Waals surface area contributed by atoms with Gasteiger partial charge in [0.05, 0.1) is 0 Å². The van der Waals surface area contributed by atoms with Crippen molar-refractivity contribution in [2.75, 3.05) is 13.1 Å². The van der Waals surface area contributed by atoms with E-state index in [1.165, 1.54) is 13.0 Å². The number of carbonyl (C=O) groups excluding carboxylic acids is 2. The zero-order valence-corrected chi connectivity index (χ0v) is 9.73. The van der Waals surface area contributed by atoms with Crippen LogP contribution in [0.1, 0.15) is 13.3 Å². The van der Waals surface area contributed by atoms with Crippen LogP contribution < -0.4 is 10.6 Å². The van der Waals surface area contributed by atoms with E-state index in [4.69, 9.17) is 10.2 Å². The van der Waals surface area contributed by atoms with Gasteiger partial charge >= 0.3 is 11.9 Å². The van der Waals surface area contributed by atoms with E-state index in [-0.39, 0.29) is 12.0 Å². The highest BCUT2D eigenvalue weighted by Crippen LogP contribution is 1.95. The first-order chi connectivity index (χ1) is 8.32. The molecule has 18 heavy (non-hydrogen) atoms. The summed E-state index contributed by atoms with van der Waals surface area (Å²) in [7, 11) is 0. The molecule has 8 nitrogen and oxygen atoms in total. The first-order valence-corrected chi connectivity index (χ1v) is 4.98. The van der Waals surface area contributed by atoms with E-state index in [9.17, 15) is 19.2 Å². The average Bonchev–Trinajstić information content (AvgIpc) is 2.30.